The van der Waals surface area contributed by atoms with Crippen molar-refractivity contribution in [3.8, 4) is 5.75 Å². The first kappa shape index (κ1) is 14.5. The molecule has 0 aromatic carbocycles. The lowest BCUT2D eigenvalue weighted by atomic mass is 10.1. The molecule has 0 saturated carbocycles. The number of pyridine rings is 1. The summed E-state index contributed by atoms with van der Waals surface area (Å²) in [5.41, 5.74) is 6.89. The average molecular weight is 275 g/mol. The lowest BCUT2D eigenvalue weighted by Crippen LogP contribution is -2.21. The molecule has 0 aliphatic carbocycles. The first-order chi connectivity index (χ1) is 9.60. The Morgan fingerprint density at radius 3 is 2.70 bits per heavy atom. The summed E-state index contributed by atoms with van der Waals surface area (Å²) < 4.78 is 7.56. The van der Waals surface area contributed by atoms with Gasteiger partial charge in [0.25, 0.3) is 0 Å². The lowest BCUT2D eigenvalue weighted by Gasteiger charge is -2.09. The molecule has 2 heterocycles. The number of hydrogen-bond acceptors (Lipinski definition) is 5. The van der Waals surface area contributed by atoms with Crippen LogP contribution in [0.15, 0.2) is 18.3 Å². The fraction of sp³-hybridized carbons (Fsp3) is 0.500. The minimum atomic E-state index is 0.163. The van der Waals surface area contributed by atoms with Crippen molar-refractivity contribution in [2.24, 2.45) is 12.8 Å². The molecule has 2 N–H and O–H groups in total. The van der Waals surface area contributed by atoms with Crippen molar-refractivity contribution in [1.29, 1.82) is 0 Å². The minimum Gasteiger partial charge on any atom is -0.484 e. The maximum atomic E-state index is 5.91. The molecule has 0 spiro atoms. The number of hydrogen-bond donors (Lipinski definition) is 1. The van der Waals surface area contributed by atoms with Crippen molar-refractivity contribution in [3.05, 3.63) is 35.7 Å². The molecule has 108 valence electrons. The number of nitrogens with zero attached hydrogens (tertiary/aromatic N) is 4. The second-order valence-electron chi connectivity index (χ2n) is 4.87. The predicted molar refractivity (Wildman–Crippen MR) is 76.3 cm³/mol. The highest BCUT2D eigenvalue weighted by Gasteiger charge is 2.06. The standard InChI is InChI=1S/C14H21N5O/c1-4-11(15)7-12-5-6-13(8-16-12)20-9-14-18-17-10(2)19(14)3/h5-6,8,11H,4,7,9,15H2,1-3H3. The molecule has 6 nitrogen and oxygen atoms in total. The SMILES string of the molecule is CCC(N)Cc1ccc(OCc2nnc(C)n2C)cn1. The highest BCUT2D eigenvalue weighted by atomic mass is 16.5. The van der Waals surface area contributed by atoms with Gasteiger partial charge in [0.2, 0.25) is 0 Å². The van der Waals surface area contributed by atoms with Gasteiger partial charge in [-0.05, 0) is 25.5 Å². The summed E-state index contributed by atoms with van der Waals surface area (Å²) in [5, 5.41) is 8.04. The predicted octanol–water partition coefficient (Wildman–Crippen LogP) is 1.38. The van der Waals surface area contributed by atoms with Crippen molar-refractivity contribution in [1.82, 2.24) is 19.7 Å². The number of ether oxygens (including phenoxy) is 1. The van der Waals surface area contributed by atoms with E-state index >= 15 is 0 Å². The van der Waals surface area contributed by atoms with E-state index in [4.69, 9.17) is 10.5 Å². The van der Waals surface area contributed by atoms with E-state index in [0.717, 1.165) is 35.9 Å². The first-order valence-corrected chi connectivity index (χ1v) is 6.78. The van der Waals surface area contributed by atoms with Gasteiger partial charge in [-0.15, -0.1) is 10.2 Å². The maximum absolute atomic E-state index is 5.91. The van der Waals surface area contributed by atoms with Crippen LogP contribution in [0, 0.1) is 6.92 Å². The topological polar surface area (TPSA) is 78.9 Å². The molecule has 2 aromatic heterocycles. The van der Waals surface area contributed by atoms with E-state index in [0.29, 0.717) is 6.61 Å². The number of aromatic nitrogens is 4. The molecule has 0 bridgehead atoms. The molecule has 0 radical (unpaired) electrons. The normalized spacial score (nSPS) is 12.4. The molecule has 0 aliphatic rings. The van der Waals surface area contributed by atoms with Crippen LogP contribution in [0.5, 0.6) is 5.75 Å². The van der Waals surface area contributed by atoms with Gasteiger partial charge in [0.1, 0.15) is 18.2 Å². The lowest BCUT2D eigenvalue weighted by molar-refractivity contribution is 0.289. The third kappa shape index (κ3) is 3.54. The molecule has 0 aliphatic heterocycles. The molecule has 0 amide bonds. The average Bonchev–Trinajstić information content (AvgIpc) is 2.78. The molecular formula is C14H21N5O. The van der Waals surface area contributed by atoms with Crippen LogP contribution in [0.25, 0.3) is 0 Å². The quantitative estimate of drug-likeness (QED) is 0.861. The van der Waals surface area contributed by atoms with Gasteiger partial charge in [-0.2, -0.15) is 0 Å². The van der Waals surface area contributed by atoms with Gasteiger partial charge < -0.3 is 15.0 Å². The third-order valence-electron chi connectivity index (χ3n) is 3.34. The van der Waals surface area contributed by atoms with E-state index in [2.05, 4.69) is 22.1 Å². The largest absolute Gasteiger partial charge is 0.484 e. The summed E-state index contributed by atoms with van der Waals surface area (Å²) in [6.07, 6.45) is 3.46. The Balaban J connectivity index is 1.92. The summed E-state index contributed by atoms with van der Waals surface area (Å²) in [5.74, 6) is 2.38. The van der Waals surface area contributed by atoms with E-state index in [1.165, 1.54) is 0 Å². The Morgan fingerprint density at radius 1 is 1.35 bits per heavy atom. The molecule has 0 fully saturated rings. The van der Waals surface area contributed by atoms with Crippen LogP contribution in [-0.4, -0.2) is 25.8 Å². The monoisotopic (exact) mass is 275 g/mol. The minimum absolute atomic E-state index is 0.163. The van der Waals surface area contributed by atoms with Crippen LogP contribution >= 0.6 is 0 Å². The Bertz CT molecular complexity index is 549. The van der Waals surface area contributed by atoms with Crippen molar-refractivity contribution in [2.75, 3.05) is 0 Å². The van der Waals surface area contributed by atoms with E-state index in [1.807, 2.05) is 30.7 Å². The van der Waals surface area contributed by atoms with E-state index in [9.17, 15) is 0 Å². The highest BCUT2D eigenvalue weighted by Crippen LogP contribution is 2.12. The van der Waals surface area contributed by atoms with Crippen LogP contribution in [0.2, 0.25) is 0 Å². The number of aryl methyl sites for hydroxylation is 1. The Labute approximate surface area is 119 Å². The molecule has 2 aromatic rings. The molecule has 20 heavy (non-hydrogen) atoms. The second kappa shape index (κ2) is 6.47. The first-order valence-electron chi connectivity index (χ1n) is 6.78. The molecular weight excluding hydrogens is 254 g/mol. The van der Waals surface area contributed by atoms with Crippen molar-refractivity contribution in [2.45, 2.75) is 39.3 Å². The molecule has 1 unspecified atom stereocenters. The fourth-order valence-electron chi connectivity index (χ4n) is 1.75. The van der Waals surface area contributed by atoms with Gasteiger partial charge >= 0.3 is 0 Å². The third-order valence-corrected chi connectivity index (χ3v) is 3.34. The molecule has 0 saturated heterocycles. The number of nitrogens with two attached hydrogens (primary N) is 1. The Morgan fingerprint density at radius 2 is 2.15 bits per heavy atom. The van der Waals surface area contributed by atoms with Gasteiger partial charge in [-0.1, -0.05) is 6.92 Å². The zero-order valence-electron chi connectivity index (χ0n) is 12.2. The van der Waals surface area contributed by atoms with Gasteiger partial charge in [-0.25, -0.2) is 0 Å². The zero-order chi connectivity index (χ0) is 14.5. The Kier molecular flexibility index (Phi) is 4.68. The zero-order valence-corrected chi connectivity index (χ0v) is 12.2. The molecule has 1 atom stereocenters. The summed E-state index contributed by atoms with van der Waals surface area (Å²) in [6, 6.07) is 4.02. The molecule has 2 rings (SSSR count). The van der Waals surface area contributed by atoms with Crippen molar-refractivity contribution in [3.63, 3.8) is 0 Å². The van der Waals surface area contributed by atoms with E-state index in [-0.39, 0.29) is 6.04 Å². The van der Waals surface area contributed by atoms with Crippen molar-refractivity contribution >= 4 is 0 Å². The Hall–Kier alpha value is -1.95. The second-order valence-corrected chi connectivity index (χ2v) is 4.87. The highest BCUT2D eigenvalue weighted by molar-refractivity contribution is 5.20. The smallest absolute Gasteiger partial charge is 0.170 e. The summed E-state index contributed by atoms with van der Waals surface area (Å²) in [6.45, 7) is 4.36. The van der Waals surface area contributed by atoms with Gasteiger partial charge in [0.15, 0.2) is 5.82 Å². The number of rotatable bonds is 6. The summed E-state index contributed by atoms with van der Waals surface area (Å²) in [7, 11) is 1.92. The van der Waals surface area contributed by atoms with Crippen molar-refractivity contribution < 1.29 is 4.74 Å². The molecule has 6 heteroatoms. The van der Waals surface area contributed by atoms with Crippen LogP contribution in [0.4, 0.5) is 0 Å². The fourth-order valence-corrected chi connectivity index (χ4v) is 1.75. The van der Waals surface area contributed by atoms with E-state index < -0.39 is 0 Å². The van der Waals surface area contributed by atoms with E-state index in [1.54, 1.807) is 6.20 Å². The van der Waals surface area contributed by atoms with Gasteiger partial charge in [-0.3, -0.25) is 4.98 Å². The summed E-state index contributed by atoms with van der Waals surface area (Å²) >= 11 is 0. The van der Waals surface area contributed by atoms with Crippen LogP contribution in [0.3, 0.4) is 0 Å². The maximum Gasteiger partial charge on any atom is 0.170 e. The van der Waals surface area contributed by atoms with Gasteiger partial charge in [0.05, 0.1) is 6.20 Å². The van der Waals surface area contributed by atoms with Crippen LogP contribution < -0.4 is 10.5 Å². The van der Waals surface area contributed by atoms with Gasteiger partial charge in [0, 0.05) is 25.2 Å². The van der Waals surface area contributed by atoms with Crippen LogP contribution in [0.1, 0.15) is 30.7 Å². The summed E-state index contributed by atoms with van der Waals surface area (Å²) in [4.78, 5) is 4.36. The van der Waals surface area contributed by atoms with Crippen LogP contribution in [-0.2, 0) is 20.1 Å².